The van der Waals surface area contributed by atoms with E-state index in [1.54, 1.807) is 0 Å². The average molecular weight is 279 g/mol. The first-order chi connectivity index (χ1) is 8.89. The summed E-state index contributed by atoms with van der Waals surface area (Å²) in [6.45, 7) is 9.41. The summed E-state index contributed by atoms with van der Waals surface area (Å²) in [5.74, 6) is 1.15. The second kappa shape index (κ2) is 5.86. The third-order valence-corrected chi connectivity index (χ3v) is 5.23. The third-order valence-electron chi connectivity index (χ3n) is 3.86. The molecular weight excluding hydrogens is 254 g/mol. The van der Waals surface area contributed by atoms with Crippen LogP contribution in [0.4, 0.5) is 0 Å². The van der Waals surface area contributed by atoms with Gasteiger partial charge in [0.15, 0.2) is 0 Å². The van der Waals surface area contributed by atoms with Crippen LogP contribution in [-0.4, -0.2) is 40.1 Å². The molecule has 0 aromatic heterocycles. The molecule has 0 bridgehead atoms. The molecule has 1 aliphatic heterocycles. The van der Waals surface area contributed by atoms with Gasteiger partial charge in [-0.3, -0.25) is 4.90 Å². The Hall–Kier alpha value is -0.510. The first-order valence-electron chi connectivity index (χ1n) is 7.03. The molecule has 1 atom stereocenters. The lowest BCUT2D eigenvalue weighted by Gasteiger charge is -2.31. The van der Waals surface area contributed by atoms with Crippen molar-refractivity contribution in [2.75, 3.05) is 25.4 Å². The van der Waals surface area contributed by atoms with Crippen molar-refractivity contribution in [3.8, 4) is 0 Å². The minimum absolute atomic E-state index is 0.368. The average Bonchev–Trinajstić information content (AvgIpc) is 2.52. The van der Waals surface area contributed by atoms with Crippen LogP contribution in [0.2, 0.25) is 0 Å². The van der Waals surface area contributed by atoms with Gasteiger partial charge in [-0.25, -0.2) is 0 Å². The van der Waals surface area contributed by atoms with Crippen LogP contribution in [0.3, 0.4) is 0 Å². The van der Waals surface area contributed by atoms with Crippen molar-refractivity contribution < 1.29 is 5.11 Å². The van der Waals surface area contributed by atoms with Crippen molar-refractivity contribution in [2.45, 2.75) is 37.5 Å². The monoisotopic (exact) mass is 279 g/mol. The number of β-amino-alcohol motifs (C(OH)–C–C–N with tert-alkyl or cyclic N) is 1. The van der Waals surface area contributed by atoms with Gasteiger partial charge in [0.05, 0.1) is 5.60 Å². The molecular formula is C16H25NOS. The predicted octanol–water partition coefficient (Wildman–Crippen LogP) is 3.11. The summed E-state index contributed by atoms with van der Waals surface area (Å²) in [6.07, 6.45) is 1.18. The number of nitrogens with zero attached hydrogens (tertiary/aromatic N) is 1. The highest BCUT2D eigenvalue weighted by molar-refractivity contribution is 8.00. The van der Waals surface area contributed by atoms with Gasteiger partial charge in [0.1, 0.15) is 0 Å². The molecule has 1 aromatic carbocycles. The van der Waals surface area contributed by atoms with E-state index >= 15 is 0 Å². The molecule has 19 heavy (non-hydrogen) atoms. The minimum atomic E-state index is -0.763. The molecule has 0 spiro atoms. The van der Waals surface area contributed by atoms with E-state index in [2.05, 4.69) is 18.7 Å². The highest BCUT2D eigenvalue weighted by Gasteiger charge is 2.29. The maximum Gasteiger partial charge on any atom is 0.0994 e. The lowest BCUT2D eigenvalue weighted by Crippen LogP contribution is -2.40. The van der Waals surface area contributed by atoms with Crippen LogP contribution in [-0.2, 0) is 5.60 Å². The Kier molecular flexibility index (Phi) is 4.59. The fourth-order valence-electron chi connectivity index (χ4n) is 2.54. The van der Waals surface area contributed by atoms with E-state index < -0.39 is 5.60 Å². The summed E-state index contributed by atoms with van der Waals surface area (Å²) in [7, 11) is 0. The fraction of sp³-hybridized carbons (Fsp3) is 0.625. The number of benzene rings is 1. The van der Waals surface area contributed by atoms with Crippen molar-refractivity contribution >= 4 is 11.8 Å². The summed E-state index contributed by atoms with van der Waals surface area (Å²) in [4.78, 5) is 2.40. The van der Waals surface area contributed by atoms with Crippen LogP contribution < -0.4 is 0 Å². The largest absolute Gasteiger partial charge is 0.384 e. The third kappa shape index (κ3) is 4.23. The Morgan fingerprint density at radius 2 is 1.95 bits per heavy atom. The highest BCUT2D eigenvalue weighted by Crippen LogP contribution is 2.31. The zero-order valence-corrected chi connectivity index (χ0v) is 13.0. The van der Waals surface area contributed by atoms with Gasteiger partial charge in [-0.15, -0.1) is 0 Å². The second-order valence-electron chi connectivity index (χ2n) is 6.27. The molecule has 1 aromatic rings. The van der Waals surface area contributed by atoms with E-state index in [-0.39, 0.29) is 0 Å². The molecule has 1 unspecified atom stereocenters. The van der Waals surface area contributed by atoms with E-state index in [1.165, 1.54) is 6.42 Å². The van der Waals surface area contributed by atoms with Crippen molar-refractivity contribution in [3.05, 3.63) is 35.9 Å². The summed E-state index contributed by atoms with van der Waals surface area (Å²) in [6, 6.07) is 9.99. The Morgan fingerprint density at radius 3 is 2.63 bits per heavy atom. The number of aliphatic hydroxyl groups is 1. The van der Waals surface area contributed by atoms with Crippen LogP contribution >= 0.6 is 11.8 Å². The molecule has 0 saturated carbocycles. The normalized spacial score (nSPS) is 23.6. The minimum Gasteiger partial charge on any atom is -0.384 e. The van der Waals surface area contributed by atoms with E-state index in [0.717, 1.165) is 24.4 Å². The van der Waals surface area contributed by atoms with Gasteiger partial charge in [-0.1, -0.05) is 44.2 Å². The number of rotatable bonds is 3. The molecule has 2 nitrogen and oxygen atoms in total. The number of hydrogen-bond donors (Lipinski definition) is 1. The first-order valence-corrected chi connectivity index (χ1v) is 8.02. The van der Waals surface area contributed by atoms with Crippen LogP contribution in [0.5, 0.6) is 0 Å². The van der Waals surface area contributed by atoms with Crippen molar-refractivity contribution in [1.82, 2.24) is 4.90 Å². The molecule has 1 fully saturated rings. The first kappa shape index (κ1) is 14.9. The number of hydrogen-bond acceptors (Lipinski definition) is 3. The molecule has 1 aliphatic rings. The van der Waals surface area contributed by atoms with Crippen molar-refractivity contribution in [2.24, 2.45) is 0 Å². The summed E-state index contributed by atoms with van der Waals surface area (Å²) in [5.41, 5.74) is 0.242. The summed E-state index contributed by atoms with van der Waals surface area (Å²) < 4.78 is 0.368. The van der Waals surface area contributed by atoms with E-state index in [4.69, 9.17) is 0 Å². The Labute approximate surface area is 121 Å². The molecule has 1 heterocycles. The molecule has 0 aliphatic carbocycles. The van der Waals surface area contributed by atoms with E-state index in [9.17, 15) is 5.11 Å². The van der Waals surface area contributed by atoms with Crippen molar-refractivity contribution in [3.63, 3.8) is 0 Å². The summed E-state index contributed by atoms with van der Waals surface area (Å²) in [5, 5.41) is 10.7. The van der Waals surface area contributed by atoms with E-state index in [1.807, 2.05) is 49.0 Å². The lowest BCUT2D eigenvalue weighted by molar-refractivity contribution is 0.0174. The quantitative estimate of drug-likeness (QED) is 0.919. The van der Waals surface area contributed by atoms with Gasteiger partial charge in [0.25, 0.3) is 0 Å². The van der Waals surface area contributed by atoms with Crippen LogP contribution in [0.1, 0.15) is 32.8 Å². The van der Waals surface area contributed by atoms with Crippen LogP contribution in [0.15, 0.2) is 30.3 Å². The summed E-state index contributed by atoms with van der Waals surface area (Å²) >= 11 is 2.04. The van der Waals surface area contributed by atoms with Crippen LogP contribution in [0, 0.1) is 0 Å². The van der Waals surface area contributed by atoms with Gasteiger partial charge in [-0.05, 0) is 25.5 Å². The van der Waals surface area contributed by atoms with Gasteiger partial charge in [-0.2, -0.15) is 11.8 Å². The standard InChI is InChI=1S/C16H25NOS/c1-15(2)9-10-17(11-12-19-15)13-16(3,18)14-7-5-4-6-8-14/h4-8,18H,9-13H2,1-3H3. The Balaban J connectivity index is 2.00. The fourth-order valence-corrected chi connectivity index (χ4v) is 3.68. The zero-order chi connectivity index (χ0) is 13.9. The maximum atomic E-state index is 10.7. The lowest BCUT2D eigenvalue weighted by atomic mass is 9.95. The van der Waals surface area contributed by atoms with E-state index in [0.29, 0.717) is 11.3 Å². The molecule has 3 heteroatoms. The molecule has 1 saturated heterocycles. The van der Waals surface area contributed by atoms with Gasteiger partial charge in [0.2, 0.25) is 0 Å². The zero-order valence-electron chi connectivity index (χ0n) is 12.2. The predicted molar refractivity (Wildman–Crippen MR) is 83.6 cm³/mol. The van der Waals surface area contributed by atoms with Gasteiger partial charge >= 0.3 is 0 Å². The number of thioether (sulfide) groups is 1. The Morgan fingerprint density at radius 1 is 1.26 bits per heavy atom. The van der Waals surface area contributed by atoms with Crippen molar-refractivity contribution in [1.29, 1.82) is 0 Å². The maximum absolute atomic E-state index is 10.7. The Bertz CT molecular complexity index is 402. The molecule has 2 rings (SSSR count). The molecule has 0 radical (unpaired) electrons. The molecule has 1 N–H and O–H groups in total. The topological polar surface area (TPSA) is 23.5 Å². The van der Waals surface area contributed by atoms with Gasteiger partial charge < -0.3 is 5.11 Å². The highest BCUT2D eigenvalue weighted by atomic mass is 32.2. The van der Waals surface area contributed by atoms with Crippen LogP contribution in [0.25, 0.3) is 0 Å². The molecule has 106 valence electrons. The smallest absolute Gasteiger partial charge is 0.0994 e. The van der Waals surface area contributed by atoms with Gasteiger partial charge in [0, 0.05) is 23.6 Å². The SMILES string of the molecule is CC1(C)CCN(CC(C)(O)c2ccccc2)CCS1. The second-order valence-corrected chi connectivity index (χ2v) is 8.08. The molecule has 0 amide bonds.